The third kappa shape index (κ3) is 4.52. The number of ether oxygens (including phenoxy) is 3. The lowest BCUT2D eigenvalue weighted by Gasteiger charge is -2.11. The number of nitrogens with zero attached hydrogens (tertiary/aromatic N) is 1. The number of allylic oxidation sites excluding steroid dienone is 1. The summed E-state index contributed by atoms with van der Waals surface area (Å²) in [5.41, 5.74) is 4.00. The Kier molecular flexibility index (Phi) is 6.31. The van der Waals surface area contributed by atoms with E-state index in [9.17, 15) is 4.79 Å². The summed E-state index contributed by atoms with van der Waals surface area (Å²) in [5.74, 6) is 2.09. The molecule has 0 aliphatic carbocycles. The van der Waals surface area contributed by atoms with Gasteiger partial charge in [-0.2, -0.15) is 0 Å². The van der Waals surface area contributed by atoms with Gasteiger partial charge in [-0.3, -0.25) is 4.79 Å². The summed E-state index contributed by atoms with van der Waals surface area (Å²) in [5, 5.41) is 3.65. The van der Waals surface area contributed by atoms with Gasteiger partial charge in [-0.05, 0) is 48.4 Å². The summed E-state index contributed by atoms with van der Waals surface area (Å²) in [7, 11) is 4.79. The summed E-state index contributed by atoms with van der Waals surface area (Å²) >= 11 is 0. The first kappa shape index (κ1) is 22.0. The van der Waals surface area contributed by atoms with E-state index in [0.717, 1.165) is 27.6 Å². The molecule has 0 atom stereocenters. The van der Waals surface area contributed by atoms with Crippen molar-refractivity contribution >= 4 is 28.3 Å². The van der Waals surface area contributed by atoms with Crippen LogP contribution >= 0.6 is 0 Å². The van der Waals surface area contributed by atoms with Gasteiger partial charge in [0.15, 0.2) is 11.5 Å². The molecule has 0 aliphatic heterocycles. The predicted molar refractivity (Wildman–Crippen MR) is 128 cm³/mol. The molecule has 7 nitrogen and oxygen atoms in total. The molecular formula is C26H24N2O5. The molecule has 2 heterocycles. The van der Waals surface area contributed by atoms with Crippen molar-refractivity contribution in [2.45, 2.75) is 6.92 Å². The molecule has 0 unspecified atom stereocenters. The Bertz CT molecular complexity index is 1330. The summed E-state index contributed by atoms with van der Waals surface area (Å²) in [6.07, 6.45) is 4.84. The fourth-order valence-electron chi connectivity index (χ4n) is 3.63. The highest BCUT2D eigenvalue weighted by Crippen LogP contribution is 2.39. The van der Waals surface area contributed by atoms with Crippen LogP contribution in [0, 0.1) is 0 Å². The number of pyridine rings is 1. The van der Waals surface area contributed by atoms with E-state index in [-0.39, 0.29) is 5.91 Å². The monoisotopic (exact) mass is 444 g/mol. The maximum Gasteiger partial charge on any atom is 0.249 e. The van der Waals surface area contributed by atoms with Crippen molar-refractivity contribution in [3.05, 3.63) is 72.6 Å². The van der Waals surface area contributed by atoms with Crippen molar-refractivity contribution in [1.82, 2.24) is 4.98 Å². The largest absolute Gasteiger partial charge is 0.496 e. The van der Waals surface area contributed by atoms with Gasteiger partial charge in [0, 0.05) is 34.9 Å². The van der Waals surface area contributed by atoms with Crippen molar-refractivity contribution < 1.29 is 23.4 Å². The van der Waals surface area contributed by atoms with Crippen LogP contribution in [-0.4, -0.2) is 32.2 Å². The van der Waals surface area contributed by atoms with Crippen molar-refractivity contribution in [3.63, 3.8) is 0 Å². The molecule has 0 bridgehead atoms. The zero-order valence-electron chi connectivity index (χ0n) is 18.8. The molecule has 0 saturated heterocycles. The second kappa shape index (κ2) is 9.48. The predicted octanol–water partition coefficient (Wildman–Crippen LogP) is 5.56. The van der Waals surface area contributed by atoms with Gasteiger partial charge in [-0.25, -0.2) is 4.98 Å². The van der Waals surface area contributed by atoms with Gasteiger partial charge in [0.2, 0.25) is 5.91 Å². The normalized spacial score (nSPS) is 11.3. The number of benzene rings is 2. The Morgan fingerprint density at radius 1 is 0.970 bits per heavy atom. The minimum atomic E-state index is -0.277. The Balaban J connectivity index is 1.74. The van der Waals surface area contributed by atoms with Gasteiger partial charge in [-0.1, -0.05) is 12.1 Å². The van der Waals surface area contributed by atoms with Gasteiger partial charge in [0.25, 0.3) is 0 Å². The Labute approximate surface area is 191 Å². The molecule has 0 radical (unpaired) electrons. The molecule has 33 heavy (non-hydrogen) atoms. The Hall–Kier alpha value is -4.26. The van der Waals surface area contributed by atoms with Crippen LogP contribution in [0.5, 0.6) is 17.2 Å². The van der Waals surface area contributed by atoms with Gasteiger partial charge >= 0.3 is 0 Å². The van der Waals surface area contributed by atoms with Crippen molar-refractivity contribution in [2.75, 3.05) is 26.6 Å². The smallest absolute Gasteiger partial charge is 0.249 e. The second-order valence-corrected chi connectivity index (χ2v) is 7.30. The van der Waals surface area contributed by atoms with E-state index in [2.05, 4.69) is 10.3 Å². The number of aromatic nitrogens is 1. The standard InChI is InChI=1S/C26H24N2O5/c1-16(11-26(29)28-25-7-5-6-10-27-25)18-13-19-20(15-33-23(19)14-22(18)31-3)17-8-9-21(30-2)24(12-17)32-4/h5-15H,1-4H3,(H,27,28,29)/b16-11+. The molecule has 4 aromatic rings. The fraction of sp³-hybridized carbons (Fsp3) is 0.154. The van der Waals surface area contributed by atoms with E-state index in [1.54, 1.807) is 45.9 Å². The fourth-order valence-corrected chi connectivity index (χ4v) is 3.63. The van der Waals surface area contributed by atoms with Crippen LogP contribution in [-0.2, 0) is 4.79 Å². The lowest BCUT2D eigenvalue weighted by molar-refractivity contribution is -0.111. The quantitative estimate of drug-likeness (QED) is 0.376. The molecule has 7 heteroatoms. The van der Waals surface area contributed by atoms with Crippen LogP contribution in [0.2, 0.25) is 0 Å². The number of anilines is 1. The first-order valence-corrected chi connectivity index (χ1v) is 10.3. The number of methoxy groups -OCH3 is 3. The van der Waals surface area contributed by atoms with Crippen LogP contribution in [0.15, 0.2) is 71.5 Å². The van der Waals surface area contributed by atoms with E-state index in [0.29, 0.717) is 28.6 Å². The van der Waals surface area contributed by atoms with Crippen LogP contribution in [0.25, 0.3) is 27.7 Å². The molecule has 1 amide bonds. The number of carbonyl (C=O) groups excluding carboxylic acids is 1. The lowest BCUT2D eigenvalue weighted by Crippen LogP contribution is -2.09. The zero-order valence-corrected chi connectivity index (χ0v) is 18.8. The minimum absolute atomic E-state index is 0.277. The van der Waals surface area contributed by atoms with E-state index >= 15 is 0 Å². The van der Waals surface area contributed by atoms with Crippen molar-refractivity contribution in [2.24, 2.45) is 0 Å². The summed E-state index contributed by atoms with van der Waals surface area (Å²) in [4.78, 5) is 16.6. The average Bonchev–Trinajstić information content (AvgIpc) is 3.26. The SMILES string of the molecule is COc1ccc(-c2coc3cc(OC)c(/C(C)=C/C(=O)Nc4ccccn4)cc23)cc1OC. The van der Waals surface area contributed by atoms with Crippen LogP contribution in [0.3, 0.4) is 0 Å². The number of hydrogen-bond acceptors (Lipinski definition) is 6. The molecule has 2 aromatic heterocycles. The molecule has 0 saturated carbocycles. The third-order valence-corrected chi connectivity index (χ3v) is 5.28. The Morgan fingerprint density at radius 2 is 1.76 bits per heavy atom. The maximum absolute atomic E-state index is 12.5. The highest BCUT2D eigenvalue weighted by atomic mass is 16.5. The van der Waals surface area contributed by atoms with Gasteiger partial charge in [0.1, 0.15) is 17.2 Å². The highest BCUT2D eigenvalue weighted by molar-refractivity contribution is 6.05. The number of amides is 1. The van der Waals surface area contributed by atoms with Crippen LogP contribution < -0.4 is 19.5 Å². The van der Waals surface area contributed by atoms with Gasteiger partial charge in [-0.15, -0.1) is 0 Å². The number of nitrogens with one attached hydrogen (secondary N) is 1. The number of carbonyl (C=O) groups is 1. The number of hydrogen-bond donors (Lipinski definition) is 1. The summed E-state index contributed by atoms with van der Waals surface area (Å²) in [6.45, 7) is 1.86. The van der Waals surface area contributed by atoms with E-state index in [4.69, 9.17) is 18.6 Å². The third-order valence-electron chi connectivity index (χ3n) is 5.28. The second-order valence-electron chi connectivity index (χ2n) is 7.30. The molecule has 1 N–H and O–H groups in total. The van der Waals surface area contributed by atoms with E-state index in [1.807, 2.05) is 43.3 Å². The van der Waals surface area contributed by atoms with Gasteiger partial charge < -0.3 is 23.9 Å². The van der Waals surface area contributed by atoms with Crippen LogP contribution in [0.1, 0.15) is 12.5 Å². The zero-order chi connectivity index (χ0) is 23.4. The number of furan rings is 1. The van der Waals surface area contributed by atoms with E-state index in [1.165, 1.54) is 6.08 Å². The number of rotatable bonds is 7. The van der Waals surface area contributed by atoms with Crippen LogP contribution in [0.4, 0.5) is 5.82 Å². The molecule has 168 valence electrons. The summed E-state index contributed by atoms with van der Waals surface area (Å²) < 4.78 is 22.2. The van der Waals surface area contributed by atoms with Gasteiger partial charge in [0.05, 0.1) is 27.6 Å². The lowest BCUT2D eigenvalue weighted by atomic mass is 9.99. The molecule has 4 rings (SSSR count). The Morgan fingerprint density at radius 3 is 2.45 bits per heavy atom. The minimum Gasteiger partial charge on any atom is -0.496 e. The molecule has 0 aliphatic rings. The molecule has 2 aromatic carbocycles. The topological polar surface area (TPSA) is 82.8 Å². The number of fused-ring (bicyclic) bond motifs is 1. The highest BCUT2D eigenvalue weighted by Gasteiger charge is 2.16. The maximum atomic E-state index is 12.5. The van der Waals surface area contributed by atoms with E-state index < -0.39 is 0 Å². The molecule has 0 fully saturated rings. The summed E-state index contributed by atoms with van der Waals surface area (Å²) in [6, 6.07) is 14.8. The first-order valence-electron chi connectivity index (χ1n) is 10.3. The van der Waals surface area contributed by atoms with Crippen molar-refractivity contribution in [1.29, 1.82) is 0 Å². The van der Waals surface area contributed by atoms with Crippen molar-refractivity contribution in [3.8, 4) is 28.4 Å². The molecule has 0 spiro atoms. The average molecular weight is 444 g/mol. The first-order chi connectivity index (χ1) is 16.0. The molecular weight excluding hydrogens is 420 g/mol.